The molecule has 2 nitrogen and oxygen atoms in total. The Morgan fingerprint density at radius 2 is 1.29 bits per heavy atom. The molecule has 1 aliphatic heterocycles. The molecule has 0 amide bonds. The van der Waals surface area contributed by atoms with Gasteiger partial charge in [-0.25, -0.2) is 0 Å². The molecule has 0 saturated carbocycles. The molecule has 0 spiro atoms. The van der Waals surface area contributed by atoms with Crippen molar-refractivity contribution in [2.45, 2.75) is 24.9 Å². The summed E-state index contributed by atoms with van der Waals surface area (Å²) in [6.07, 6.45) is 2.22. The summed E-state index contributed by atoms with van der Waals surface area (Å²) in [6, 6.07) is 18.5. The third-order valence-electron chi connectivity index (χ3n) is 4.74. The summed E-state index contributed by atoms with van der Waals surface area (Å²) in [5.41, 5.74) is 11.8. The van der Waals surface area contributed by atoms with Crippen LogP contribution < -0.4 is 5.73 Å². The minimum Gasteiger partial charge on any atom is -0.328 e. The van der Waals surface area contributed by atoms with Crippen molar-refractivity contribution in [2.24, 2.45) is 5.73 Å². The van der Waals surface area contributed by atoms with Crippen LogP contribution in [-0.2, 0) is 0 Å². The van der Waals surface area contributed by atoms with Gasteiger partial charge in [-0.1, -0.05) is 48.5 Å². The van der Waals surface area contributed by atoms with Crippen molar-refractivity contribution in [1.82, 2.24) is 4.90 Å². The van der Waals surface area contributed by atoms with E-state index in [4.69, 9.17) is 5.73 Å². The van der Waals surface area contributed by atoms with Gasteiger partial charge in [-0.15, -0.1) is 12.4 Å². The quantitative estimate of drug-likeness (QED) is 0.872. The van der Waals surface area contributed by atoms with E-state index in [-0.39, 0.29) is 12.4 Å². The smallest absolute Gasteiger partial charge is 0.0614 e. The van der Waals surface area contributed by atoms with E-state index >= 15 is 0 Å². The van der Waals surface area contributed by atoms with Crippen molar-refractivity contribution in [1.29, 1.82) is 0 Å². The van der Waals surface area contributed by atoms with E-state index in [0.29, 0.717) is 12.1 Å². The predicted octanol–water partition coefficient (Wildman–Crippen LogP) is 3.60. The maximum Gasteiger partial charge on any atom is 0.0614 e. The molecule has 2 aliphatic rings. The molecule has 0 bridgehead atoms. The minimum absolute atomic E-state index is 0. The van der Waals surface area contributed by atoms with Gasteiger partial charge in [0, 0.05) is 19.1 Å². The first-order valence-corrected chi connectivity index (χ1v) is 7.52. The largest absolute Gasteiger partial charge is 0.328 e. The van der Waals surface area contributed by atoms with Crippen LogP contribution in [0.4, 0.5) is 0 Å². The highest BCUT2D eigenvalue weighted by atomic mass is 35.5. The molecule has 1 saturated heterocycles. The van der Waals surface area contributed by atoms with Crippen LogP contribution in [0.5, 0.6) is 0 Å². The summed E-state index contributed by atoms with van der Waals surface area (Å²) in [4.78, 5) is 2.61. The maximum atomic E-state index is 6.06. The van der Waals surface area contributed by atoms with E-state index < -0.39 is 0 Å². The average molecular weight is 301 g/mol. The van der Waals surface area contributed by atoms with Gasteiger partial charge in [0.05, 0.1) is 6.04 Å². The molecule has 110 valence electrons. The number of rotatable bonds is 1. The lowest BCUT2D eigenvalue weighted by Gasteiger charge is -2.35. The Labute approximate surface area is 132 Å². The van der Waals surface area contributed by atoms with E-state index in [0.717, 1.165) is 25.9 Å². The fourth-order valence-electron chi connectivity index (χ4n) is 3.70. The number of benzene rings is 2. The zero-order valence-corrected chi connectivity index (χ0v) is 12.9. The van der Waals surface area contributed by atoms with Crippen LogP contribution in [0.2, 0.25) is 0 Å². The summed E-state index contributed by atoms with van der Waals surface area (Å²) in [7, 11) is 0. The topological polar surface area (TPSA) is 29.3 Å². The molecule has 0 atom stereocenters. The van der Waals surface area contributed by atoms with Crippen LogP contribution in [-0.4, -0.2) is 24.0 Å². The molecule has 4 rings (SSSR count). The van der Waals surface area contributed by atoms with Gasteiger partial charge in [-0.2, -0.15) is 0 Å². The van der Waals surface area contributed by atoms with Crippen molar-refractivity contribution in [3.05, 3.63) is 59.7 Å². The Balaban J connectivity index is 0.00000132. The van der Waals surface area contributed by atoms with Crippen LogP contribution >= 0.6 is 12.4 Å². The van der Waals surface area contributed by atoms with Gasteiger partial charge in [0.1, 0.15) is 0 Å². The zero-order valence-electron chi connectivity index (χ0n) is 12.0. The van der Waals surface area contributed by atoms with Crippen molar-refractivity contribution in [3.63, 3.8) is 0 Å². The molecule has 21 heavy (non-hydrogen) atoms. The first kappa shape index (κ1) is 14.6. The van der Waals surface area contributed by atoms with Crippen LogP contribution in [0.1, 0.15) is 30.0 Å². The molecule has 0 aromatic heterocycles. The normalized spacial score (nSPS) is 18.9. The highest BCUT2D eigenvalue weighted by molar-refractivity contribution is 5.85. The molecule has 0 radical (unpaired) electrons. The third-order valence-corrected chi connectivity index (χ3v) is 4.74. The van der Waals surface area contributed by atoms with Gasteiger partial charge >= 0.3 is 0 Å². The summed E-state index contributed by atoms with van der Waals surface area (Å²) < 4.78 is 0. The Morgan fingerprint density at radius 3 is 1.81 bits per heavy atom. The van der Waals surface area contributed by atoms with Crippen molar-refractivity contribution in [2.75, 3.05) is 13.1 Å². The standard InChI is InChI=1S/C18H20N2.ClH/c19-13-9-11-20(12-10-13)18-16-7-3-1-5-14(16)15-6-2-4-8-17(15)18;/h1-8,13,18H,9-12,19H2;1H. The molecule has 3 heteroatoms. The first-order valence-electron chi connectivity index (χ1n) is 7.52. The van der Waals surface area contributed by atoms with Gasteiger partial charge in [0.25, 0.3) is 0 Å². The maximum absolute atomic E-state index is 6.06. The lowest BCUT2D eigenvalue weighted by atomic mass is 9.98. The van der Waals surface area contributed by atoms with Gasteiger partial charge < -0.3 is 5.73 Å². The lowest BCUT2D eigenvalue weighted by molar-refractivity contribution is 0.177. The Hall–Kier alpha value is -1.35. The second kappa shape index (κ2) is 5.80. The summed E-state index contributed by atoms with van der Waals surface area (Å²) in [5.74, 6) is 0. The van der Waals surface area contributed by atoms with Crippen LogP contribution in [0, 0.1) is 0 Å². The molecule has 0 unspecified atom stereocenters. The fraction of sp³-hybridized carbons (Fsp3) is 0.333. The lowest BCUT2D eigenvalue weighted by Crippen LogP contribution is -2.41. The van der Waals surface area contributed by atoms with E-state index in [9.17, 15) is 0 Å². The third kappa shape index (κ3) is 2.38. The molecular formula is C18H21ClN2. The summed E-state index contributed by atoms with van der Waals surface area (Å²) in [5, 5.41) is 0. The number of piperidine rings is 1. The molecule has 1 aliphatic carbocycles. The van der Waals surface area contributed by atoms with Gasteiger partial charge in [-0.3, -0.25) is 4.90 Å². The van der Waals surface area contributed by atoms with Gasteiger partial charge in [0.2, 0.25) is 0 Å². The van der Waals surface area contributed by atoms with Crippen LogP contribution in [0.3, 0.4) is 0 Å². The molecule has 1 heterocycles. The predicted molar refractivity (Wildman–Crippen MR) is 89.8 cm³/mol. The van der Waals surface area contributed by atoms with E-state index in [1.807, 2.05) is 0 Å². The number of nitrogens with zero attached hydrogens (tertiary/aromatic N) is 1. The second-order valence-corrected chi connectivity index (χ2v) is 5.95. The Kier molecular flexibility index (Phi) is 4.03. The number of nitrogens with two attached hydrogens (primary N) is 1. The monoisotopic (exact) mass is 300 g/mol. The number of hydrogen-bond acceptors (Lipinski definition) is 2. The Bertz CT molecular complexity index is 587. The van der Waals surface area contributed by atoms with Crippen LogP contribution in [0.25, 0.3) is 11.1 Å². The van der Waals surface area contributed by atoms with Crippen molar-refractivity contribution in [3.8, 4) is 11.1 Å². The molecule has 1 fully saturated rings. The SMILES string of the molecule is Cl.NC1CCN(C2c3ccccc3-c3ccccc32)CC1. The number of halogens is 1. The zero-order chi connectivity index (χ0) is 13.5. The Morgan fingerprint density at radius 1 is 0.810 bits per heavy atom. The van der Waals surface area contributed by atoms with Gasteiger partial charge in [0.15, 0.2) is 0 Å². The highest BCUT2D eigenvalue weighted by Crippen LogP contribution is 2.46. The first-order chi connectivity index (χ1) is 9.84. The molecule has 2 aromatic carbocycles. The molecular weight excluding hydrogens is 280 g/mol. The van der Waals surface area contributed by atoms with E-state index in [2.05, 4.69) is 53.4 Å². The van der Waals surface area contributed by atoms with E-state index in [1.165, 1.54) is 22.3 Å². The average Bonchev–Trinajstić information content (AvgIpc) is 2.83. The number of hydrogen-bond donors (Lipinski definition) is 1. The molecule has 2 N–H and O–H groups in total. The number of likely N-dealkylation sites (tertiary alicyclic amines) is 1. The van der Waals surface area contributed by atoms with Crippen molar-refractivity contribution >= 4 is 12.4 Å². The molecule has 2 aromatic rings. The van der Waals surface area contributed by atoms with Crippen LogP contribution in [0.15, 0.2) is 48.5 Å². The second-order valence-electron chi connectivity index (χ2n) is 5.95. The highest BCUT2D eigenvalue weighted by Gasteiger charge is 2.33. The van der Waals surface area contributed by atoms with E-state index in [1.54, 1.807) is 0 Å². The summed E-state index contributed by atoms with van der Waals surface area (Å²) in [6.45, 7) is 2.21. The summed E-state index contributed by atoms with van der Waals surface area (Å²) >= 11 is 0. The minimum atomic E-state index is 0. The fourth-order valence-corrected chi connectivity index (χ4v) is 3.70. The number of fused-ring (bicyclic) bond motifs is 3. The van der Waals surface area contributed by atoms with Crippen molar-refractivity contribution < 1.29 is 0 Å². The van der Waals surface area contributed by atoms with Gasteiger partial charge in [-0.05, 0) is 35.1 Å².